The third-order valence-corrected chi connectivity index (χ3v) is 5.67. The molecule has 2 rings (SSSR count). The Hall–Kier alpha value is -2.00. The van der Waals surface area contributed by atoms with Gasteiger partial charge in [0.1, 0.15) is 4.38 Å². The van der Waals surface area contributed by atoms with Crippen LogP contribution in [0.5, 0.6) is 0 Å². The number of amides is 3. The Balaban J connectivity index is 1.81. The van der Waals surface area contributed by atoms with Gasteiger partial charge >= 0.3 is 0 Å². The Morgan fingerprint density at radius 1 is 1.19 bits per heavy atom. The molecular formula is C17H22N4O3S2. The van der Waals surface area contributed by atoms with E-state index in [4.69, 9.17) is 0 Å². The normalized spacial score (nSPS) is 13.1. The first-order valence-electron chi connectivity index (χ1n) is 8.23. The quantitative estimate of drug-likeness (QED) is 0.740. The summed E-state index contributed by atoms with van der Waals surface area (Å²) in [5, 5.41) is 5.42. The number of aliphatic imine (C=N–C) groups is 1. The maximum atomic E-state index is 12.3. The van der Waals surface area contributed by atoms with Gasteiger partial charge < -0.3 is 15.5 Å². The van der Waals surface area contributed by atoms with Crippen molar-refractivity contribution in [2.45, 2.75) is 13.8 Å². The number of hydrogen-bond acceptors (Lipinski definition) is 6. The highest BCUT2D eigenvalue weighted by Gasteiger charge is 2.18. The van der Waals surface area contributed by atoms with Crippen molar-refractivity contribution in [3.05, 3.63) is 24.3 Å². The number of nitrogens with one attached hydrogen (secondary N) is 2. The average molecular weight is 395 g/mol. The molecule has 1 aliphatic rings. The lowest BCUT2D eigenvalue weighted by molar-refractivity contribution is -0.132. The first-order chi connectivity index (χ1) is 12.5. The summed E-state index contributed by atoms with van der Waals surface area (Å²) < 4.78 is 0.943. The average Bonchev–Trinajstić information content (AvgIpc) is 3.12. The van der Waals surface area contributed by atoms with Crippen LogP contribution in [0, 0.1) is 0 Å². The maximum absolute atomic E-state index is 12.3. The lowest BCUT2D eigenvalue weighted by atomic mass is 10.2. The lowest BCUT2D eigenvalue weighted by Crippen LogP contribution is -2.39. The van der Waals surface area contributed by atoms with Gasteiger partial charge in [0.05, 0.1) is 18.8 Å². The SMILES string of the molecule is CCN(CC(=O)Nc1ccc(NC(C)=O)cc1)C(=O)CSC1=NCCS1. The zero-order chi connectivity index (χ0) is 18.9. The van der Waals surface area contributed by atoms with Crippen LogP contribution in [0.3, 0.4) is 0 Å². The summed E-state index contributed by atoms with van der Waals surface area (Å²) in [5.41, 5.74) is 1.27. The summed E-state index contributed by atoms with van der Waals surface area (Å²) in [6, 6.07) is 6.81. The van der Waals surface area contributed by atoms with E-state index in [0.29, 0.717) is 23.7 Å². The van der Waals surface area contributed by atoms with Gasteiger partial charge in [-0.25, -0.2) is 0 Å². The van der Waals surface area contributed by atoms with Gasteiger partial charge in [-0.1, -0.05) is 23.5 Å². The van der Waals surface area contributed by atoms with Crippen LogP contribution in [-0.2, 0) is 14.4 Å². The van der Waals surface area contributed by atoms with Crippen LogP contribution in [0.25, 0.3) is 0 Å². The van der Waals surface area contributed by atoms with Crippen molar-refractivity contribution in [2.75, 3.05) is 41.8 Å². The van der Waals surface area contributed by atoms with E-state index in [1.165, 1.54) is 23.6 Å². The van der Waals surface area contributed by atoms with Crippen LogP contribution in [0.1, 0.15) is 13.8 Å². The van der Waals surface area contributed by atoms with Crippen molar-refractivity contribution in [3.8, 4) is 0 Å². The van der Waals surface area contributed by atoms with Crippen molar-refractivity contribution in [1.29, 1.82) is 0 Å². The Kier molecular flexibility index (Phi) is 7.99. The van der Waals surface area contributed by atoms with Crippen molar-refractivity contribution >= 4 is 57.0 Å². The number of thioether (sulfide) groups is 2. The second-order valence-electron chi connectivity index (χ2n) is 5.50. The maximum Gasteiger partial charge on any atom is 0.243 e. The van der Waals surface area contributed by atoms with E-state index in [1.54, 1.807) is 36.0 Å². The molecule has 7 nitrogen and oxygen atoms in total. The Labute approximate surface area is 161 Å². The van der Waals surface area contributed by atoms with Crippen LogP contribution in [0.2, 0.25) is 0 Å². The molecule has 0 aromatic heterocycles. The molecule has 1 aliphatic heterocycles. The predicted molar refractivity (Wildman–Crippen MR) is 109 cm³/mol. The van der Waals surface area contributed by atoms with E-state index in [-0.39, 0.29) is 24.3 Å². The van der Waals surface area contributed by atoms with Crippen LogP contribution >= 0.6 is 23.5 Å². The topological polar surface area (TPSA) is 90.9 Å². The smallest absolute Gasteiger partial charge is 0.243 e. The van der Waals surface area contributed by atoms with Crippen molar-refractivity contribution in [1.82, 2.24) is 4.90 Å². The molecule has 9 heteroatoms. The summed E-state index contributed by atoms with van der Waals surface area (Å²) in [6.07, 6.45) is 0. The second-order valence-corrected chi connectivity index (χ2v) is 7.81. The lowest BCUT2D eigenvalue weighted by Gasteiger charge is -2.20. The van der Waals surface area contributed by atoms with Crippen LogP contribution in [0.4, 0.5) is 11.4 Å². The third kappa shape index (κ3) is 6.72. The highest BCUT2D eigenvalue weighted by molar-refractivity contribution is 8.39. The van der Waals surface area contributed by atoms with Gasteiger partial charge in [-0.3, -0.25) is 19.4 Å². The molecule has 0 saturated heterocycles. The molecule has 0 unspecified atom stereocenters. The number of hydrogen-bond donors (Lipinski definition) is 2. The minimum absolute atomic E-state index is 0.00294. The molecule has 140 valence electrons. The predicted octanol–water partition coefficient (Wildman–Crippen LogP) is 2.27. The van der Waals surface area contributed by atoms with E-state index in [2.05, 4.69) is 15.6 Å². The number of nitrogens with zero attached hydrogens (tertiary/aromatic N) is 2. The molecule has 0 spiro atoms. The fourth-order valence-corrected chi connectivity index (χ4v) is 4.12. The number of carbonyl (C=O) groups is 3. The summed E-state index contributed by atoms with van der Waals surface area (Å²) in [4.78, 5) is 41.3. The highest BCUT2D eigenvalue weighted by Crippen LogP contribution is 2.22. The fraction of sp³-hybridized carbons (Fsp3) is 0.412. The van der Waals surface area contributed by atoms with Gasteiger partial charge in [0.25, 0.3) is 0 Å². The van der Waals surface area contributed by atoms with Crippen molar-refractivity contribution < 1.29 is 14.4 Å². The van der Waals surface area contributed by atoms with Gasteiger partial charge in [-0.15, -0.1) is 0 Å². The first-order valence-corrected chi connectivity index (χ1v) is 10.2. The number of anilines is 2. The molecule has 1 heterocycles. The first kappa shape index (κ1) is 20.3. The number of rotatable bonds is 7. The van der Waals surface area contributed by atoms with Gasteiger partial charge in [0, 0.05) is 30.6 Å². The monoisotopic (exact) mass is 394 g/mol. The van der Waals surface area contributed by atoms with Crippen molar-refractivity contribution in [2.24, 2.45) is 4.99 Å². The van der Waals surface area contributed by atoms with Crippen molar-refractivity contribution in [3.63, 3.8) is 0 Å². The van der Waals surface area contributed by atoms with Crippen LogP contribution in [0.15, 0.2) is 29.3 Å². The van der Waals surface area contributed by atoms with Gasteiger partial charge in [0.15, 0.2) is 0 Å². The molecule has 0 bridgehead atoms. The Bertz CT molecular complexity index is 692. The number of carbonyl (C=O) groups excluding carboxylic acids is 3. The van der Waals surface area contributed by atoms with Crippen LogP contribution in [-0.4, -0.2) is 58.1 Å². The molecule has 0 radical (unpaired) electrons. The standard InChI is InChI=1S/C17H22N4O3S2/c1-3-21(16(24)11-26-17-18-8-9-25-17)10-15(23)20-14-6-4-13(5-7-14)19-12(2)22/h4-7H,3,8-11H2,1-2H3,(H,19,22)(H,20,23). The number of benzene rings is 1. The van der Waals surface area contributed by atoms with Gasteiger partial charge in [-0.05, 0) is 31.2 Å². The molecule has 1 aromatic carbocycles. The van der Waals surface area contributed by atoms with E-state index >= 15 is 0 Å². The van der Waals surface area contributed by atoms with E-state index in [0.717, 1.165) is 16.7 Å². The number of likely N-dealkylation sites (N-methyl/N-ethyl adjacent to an activating group) is 1. The summed E-state index contributed by atoms with van der Waals surface area (Å²) in [6.45, 7) is 4.56. The minimum Gasteiger partial charge on any atom is -0.333 e. The molecule has 1 aromatic rings. The van der Waals surface area contributed by atoms with Gasteiger partial charge in [0.2, 0.25) is 17.7 Å². The molecule has 0 saturated carbocycles. The molecule has 0 fully saturated rings. The Morgan fingerprint density at radius 2 is 1.85 bits per heavy atom. The van der Waals surface area contributed by atoms with E-state index < -0.39 is 0 Å². The summed E-state index contributed by atoms with van der Waals surface area (Å²) >= 11 is 3.09. The molecule has 3 amide bonds. The molecular weight excluding hydrogens is 372 g/mol. The summed E-state index contributed by atoms with van der Waals surface area (Å²) in [7, 11) is 0. The summed E-state index contributed by atoms with van der Waals surface area (Å²) in [5.74, 6) is 0.767. The highest BCUT2D eigenvalue weighted by atomic mass is 32.2. The minimum atomic E-state index is -0.259. The van der Waals surface area contributed by atoms with Gasteiger partial charge in [-0.2, -0.15) is 0 Å². The molecule has 0 aliphatic carbocycles. The zero-order valence-corrected chi connectivity index (χ0v) is 16.4. The zero-order valence-electron chi connectivity index (χ0n) is 14.8. The Morgan fingerprint density at radius 3 is 2.38 bits per heavy atom. The second kappa shape index (κ2) is 10.2. The third-order valence-electron chi connectivity index (χ3n) is 3.43. The van der Waals surface area contributed by atoms with E-state index in [9.17, 15) is 14.4 Å². The molecule has 26 heavy (non-hydrogen) atoms. The largest absolute Gasteiger partial charge is 0.333 e. The molecule has 0 atom stereocenters. The van der Waals surface area contributed by atoms with Crippen LogP contribution < -0.4 is 10.6 Å². The molecule has 2 N–H and O–H groups in total. The fourth-order valence-electron chi connectivity index (χ4n) is 2.21. The van der Waals surface area contributed by atoms with E-state index in [1.807, 2.05) is 6.92 Å².